The number of nitrogens with two attached hydrogens (primary N) is 1. The molecule has 0 saturated heterocycles. The third-order valence-corrected chi connectivity index (χ3v) is 1.66. The first-order chi connectivity index (χ1) is 8.00. The van der Waals surface area contributed by atoms with Gasteiger partial charge < -0.3 is 16.0 Å². The smallest absolute Gasteiger partial charge is 0.291 e. The maximum absolute atomic E-state index is 9.44. The minimum atomic E-state index is -1.50. The van der Waals surface area contributed by atoms with Gasteiger partial charge in [0.1, 0.15) is 5.75 Å². The number of aromatic hydroxyl groups is 1. The number of hydrogen-bond acceptors (Lipinski definition) is 6. The lowest BCUT2D eigenvalue weighted by atomic mass is 10.2. The van der Waals surface area contributed by atoms with Gasteiger partial charge in [0.25, 0.3) is 5.09 Å². The number of aromatic amines is 1. The van der Waals surface area contributed by atoms with E-state index in [2.05, 4.69) is 15.2 Å². The summed E-state index contributed by atoms with van der Waals surface area (Å²) >= 11 is 0. The van der Waals surface area contributed by atoms with Crippen LogP contribution in [-0.2, 0) is 0 Å². The molecule has 90 valence electrons. The molecule has 0 aliphatic carbocycles. The maximum atomic E-state index is 9.44. The third-order valence-electron chi connectivity index (χ3n) is 1.66. The van der Waals surface area contributed by atoms with E-state index in [1.165, 1.54) is 0 Å². The van der Waals surface area contributed by atoms with Crippen LogP contribution in [0.1, 0.15) is 0 Å². The zero-order chi connectivity index (χ0) is 12.8. The average molecular weight is 239 g/mol. The zero-order valence-electron chi connectivity index (χ0n) is 8.44. The number of nitrogens with zero attached hydrogens (tertiary/aromatic N) is 3. The van der Waals surface area contributed by atoms with E-state index in [1.54, 1.807) is 24.3 Å². The van der Waals surface area contributed by atoms with Crippen LogP contribution in [0.5, 0.6) is 5.75 Å². The van der Waals surface area contributed by atoms with Gasteiger partial charge in [0, 0.05) is 0 Å². The summed E-state index contributed by atoms with van der Waals surface area (Å²) in [6.07, 6.45) is 0. The molecule has 0 spiro atoms. The molecule has 1 heterocycles. The largest absolute Gasteiger partial charge is 0.507 e. The number of H-pyrrole nitrogens is 1. The highest BCUT2D eigenvalue weighted by atomic mass is 16.9. The molecule has 1 aromatic carbocycles. The lowest BCUT2D eigenvalue weighted by Gasteiger charge is -1.97. The van der Waals surface area contributed by atoms with Crippen LogP contribution < -0.4 is 5.73 Å². The van der Waals surface area contributed by atoms with Gasteiger partial charge in [-0.15, -0.1) is 15.2 Å². The summed E-state index contributed by atoms with van der Waals surface area (Å²) < 4.78 is 0. The second kappa shape index (κ2) is 5.30. The van der Waals surface area contributed by atoms with Crippen molar-refractivity contribution in [2.75, 3.05) is 5.73 Å². The fourth-order valence-corrected chi connectivity index (χ4v) is 1.07. The van der Waals surface area contributed by atoms with E-state index in [1.807, 2.05) is 0 Å². The van der Waals surface area contributed by atoms with Crippen LogP contribution in [0.2, 0.25) is 0 Å². The van der Waals surface area contributed by atoms with E-state index in [0.29, 0.717) is 11.4 Å². The number of benzene rings is 1. The molecule has 0 unspecified atom stereocenters. The predicted molar refractivity (Wildman–Crippen MR) is 56.7 cm³/mol. The second-order valence-electron chi connectivity index (χ2n) is 2.80. The molecular formula is C8H9N5O4. The first-order valence-corrected chi connectivity index (χ1v) is 4.30. The van der Waals surface area contributed by atoms with Crippen LogP contribution in [0.15, 0.2) is 24.3 Å². The molecule has 1 aromatic heterocycles. The van der Waals surface area contributed by atoms with Crippen molar-refractivity contribution < 1.29 is 15.4 Å². The monoisotopic (exact) mass is 239 g/mol. The zero-order valence-corrected chi connectivity index (χ0v) is 8.44. The van der Waals surface area contributed by atoms with Crippen LogP contribution in [0, 0.1) is 10.1 Å². The molecule has 17 heavy (non-hydrogen) atoms. The Labute approximate surface area is 94.6 Å². The minimum absolute atomic E-state index is 0.152. The number of hydrogen-bond donors (Lipinski definition) is 4. The third kappa shape index (κ3) is 3.66. The number of anilines is 1. The van der Waals surface area contributed by atoms with Crippen molar-refractivity contribution in [3.8, 4) is 17.1 Å². The van der Waals surface area contributed by atoms with Gasteiger partial charge in [0.05, 0.1) is 5.56 Å². The molecule has 0 aliphatic heterocycles. The molecule has 2 aromatic rings. The van der Waals surface area contributed by atoms with Gasteiger partial charge in [-0.05, 0) is 12.1 Å². The van der Waals surface area contributed by atoms with Gasteiger partial charge in [0.2, 0.25) is 5.95 Å². The Balaban J connectivity index is 0.000000317. The molecule has 9 heteroatoms. The molecule has 0 fully saturated rings. The number of nitrogens with one attached hydrogen (secondary N) is 1. The minimum Gasteiger partial charge on any atom is -0.507 e. The van der Waals surface area contributed by atoms with Gasteiger partial charge >= 0.3 is 0 Å². The number of para-hydroxylation sites is 1. The van der Waals surface area contributed by atoms with Crippen molar-refractivity contribution in [3.05, 3.63) is 34.4 Å². The van der Waals surface area contributed by atoms with Gasteiger partial charge in [0.15, 0.2) is 5.82 Å². The van der Waals surface area contributed by atoms with E-state index < -0.39 is 5.09 Å². The van der Waals surface area contributed by atoms with Crippen LogP contribution in [0.3, 0.4) is 0 Å². The highest BCUT2D eigenvalue weighted by Crippen LogP contribution is 2.25. The predicted octanol–water partition coefficient (Wildman–Crippen LogP) is 0.412. The van der Waals surface area contributed by atoms with E-state index in [0.717, 1.165) is 0 Å². The Morgan fingerprint density at radius 3 is 2.47 bits per heavy atom. The topological polar surface area (TPSA) is 151 Å². The molecule has 2 rings (SSSR count). The molecule has 0 radical (unpaired) electrons. The fraction of sp³-hybridized carbons (Fsp3) is 0. The van der Waals surface area contributed by atoms with Crippen molar-refractivity contribution in [2.24, 2.45) is 0 Å². The second-order valence-corrected chi connectivity index (χ2v) is 2.80. The summed E-state index contributed by atoms with van der Waals surface area (Å²) in [7, 11) is 0. The SMILES string of the molecule is Nc1n[nH]c(-c2ccccc2O)n1.O=[N+]([O-])O. The molecule has 0 aliphatic rings. The van der Waals surface area contributed by atoms with Crippen molar-refractivity contribution in [1.29, 1.82) is 0 Å². The summed E-state index contributed by atoms with van der Waals surface area (Å²) in [4.78, 5) is 12.3. The highest BCUT2D eigenvalue weighted by Gasteiger charge is 2.06. The number of rotatable bonds is 1. The molecule has 9 nitrogen and oxygen atoms in total. The van der Waals surface area contributed by atoms with Crippen LogP contribution in [0.25, 0.3) is 11.4 Å². The maximum Gasteiger partial charge on any atom is 0.291 e. The van der Waals surface area contributed by atoms with Crippen molar-refractivity contribution in [1.82, 2.24) is 15.2 Å². The van der Waals surface area contributed by atoms with Crippen molar-refractivity contribution in [3.63, 3.8) is 0 Å². The number of aromatic nitrogens is 3. The van der Waals surface area contributed by atoms with E-state index in [9.17, 15) is 5.11 Å². The van der Waals surface area contributed by atoms with Gasteiger partial charge in [-0.3, -0.25) is 5.10 Å². The molecule has 0 saturated carbocycles. The first kappa shape index (κ1) is 12.2. The first-order valence-electron chi connectivity index (χ1n) is 4.30. The standard InChI is InChI=1S/C8H8N4O.HNO3/c9-8-10-7(11-12-8)5-3-1-2-4-6(5)13;2-1(3)4/h1-4,13H,(H3,9,10,11,12);(H,2,3,4). The number of phenols is 1. The van der Waals surface area contributed by atoms with Gasteiger partial charge in [-0.2, -0.15) is 4.98 Å². The molecule has 0 atom stereocenters. The number of phenolic OH excluding ortho intramolecular Hbond substituents is 1. The Kier molecular flexibility index (Phi) is 3.81. The summed E-state index contributed by atoms with van der Waals surface area (Å²) in [6.45, 7) is 0. The van der Waals surface area contributed by atoms with E-state index in [4.69, 9.17) is 21.1 Å². The average Bonchev–Trinajstić information content (AvgIpc) is 2.64. The molecular weight excluding hydrogens is 230 g/mol. The lowest BCUT2D eigenvalue weighted by molar-refractivity contribution is -0.742. The fourth-order valence-electron chi connectivity index (χ4n) is 1.07. The Morgan fingerprint density at radius 2 is 2.00 bits per heavy atom. The Bertz CT molecular complexity index is 508. The van der Waals surface area contributed by atoms with Gasteiger partial charge in [-0.1, -0.05) is 12.1 Å². The Hall–Kier alpha value is -2.84. The Morgan fingerprint density at radius 1 is 1.41 bits per heavy atom. The van der Waals surface area contributed by atoms with Gasteiger partial charge in [-0.25, -0.2) is 0 Å². The van der Waals surface area contributed by atoms with E-state index >= 15 is 0 Å². The summed E-state index contributed by atoms with van der Waals surface area (Å²) in [6, 6.07) is 6.84. The molecule has 0 bridgehead atoms. The summed E-state index contributed by atoms with van der Waals surface area (Å²) in [5.41, 5.74) is 5.92. The van der Waals surface area contributed by atoms with Crippen LogP contribution >= 0.6 is 0 Å². The van der Waals surface area contributed by atoms with Crippen molar-refractivity contribution in [2.45, 2.75) is 0 Å². The number of nitrogen functional groups attached to an aromatic ring is 1. The summed E-state index contributed by atoms with van der Waals surface area (Å²) in [5, 5.41) is 29.4. The quantitative estimate of drug-likeness (QED) is 0.415. The highest BCUT2D eigenvalue weighted by molar-refractivity contribution is 5.63. The molecule has 0 amide bonds. The summed E-state index contributed by atoms with van der Waals surface area (Å²) in [5.74, 6) is 0.785. The van der Waals surface area contributed by atoms with E-state index in [-0.39, 0.29) is 11.7 Å². The van der Waals surface area contributed by atoms with Crippen LogP contribution in [-0.4, -0.2) is 30.6 Å². The normalized spacial score (nSPS) is 9.18. The lowest BCUT2D eigenvalue weighted by Crippen LogP contribution is -1.85. The van der Waals surface area contributed by atoms with Crippen LogP contribution in [0.4, 0.5) is 5.95 Å². The molecule has 5 N–H and O–H groups in total. The van der Waals surface area contributed by atoms with Crippen molar-refractivity contribution >= 4 is 5.95 Å².